The maximum absolute atomic E-state index is 5.77. The zero-order chi connectivity index (χ0) is 6.69. The largest absolute Gasteiger partial charge is 0.287 e. The van der Waals surface area contributed by atoms with E-state index in [0.717, 1.165) is 13.1 Å². The van der Waals surface area contributed by atoms with Crippen LogP contribution in [0.4, 0.5) is 0 Å². The standard InChI is InChI=1S/C7H13ClN.ClH/c1-7(8)9-5-3-2-4-6-9;/h7H,1-6H2;1H. The fourth-order valence-electron chi connectivity index (χ4n) is 1.20. The van der Waals surface area contributed by atoms with Crippen LogP contribution in [0.25, 0.3) is 0 Å². The Bertz CT molecular complexity index is 79.7. The summed E-state index contributed by atoms with van der Waals surface area (Å²) >= 11 is 5.77. The molecule has 1 aliphatic heterocycles. The van der Waals surface area contributed by atoms with E-state index in [1.165, 1.54) is 19.3 Å². The molecule has 1 atom stereocenters. The predicted octanol–water partition coefficient (Wildman–Crippen LogP) is 2.29. The highest BCUT2D eigenvalue weighted by Crippen LogP contribution is 2.13. The van der Waals surface area contributed by atoms with Gasteiger partial charge in [-0.25, -0.2) is 0 Å². The van der Waals surface area contributed by atoms with Crippen molar-refractivity contribution in [1.82, 2.24) is 4.90 Å². The van der Waals surface area contributed by atoms with Crippen LogP contribution in [0.5, 0.6) is 0 Å². The van der Waals surface area contributed by atoms with Crippen molar-refractivity contribution in [2.75, 3.05) is 13.1 Å². The quantitative estimate of drug-likeness (QED) is 0.445. The maximum atomic E-state index is 5.77. The van der Waals surface area contributed by atoms with Gasteiger partial charge in [0.05, 0.1) is 5.50 Å². The number of alkyl halides is 1. The van der Waals surface area contributed by atoms with Crippen LogP contribution < -0.4 is 0 Å². The van der Waals surface area contributed by atoms with Gasteiger partial charge in [-0.05, 0) is 32.9 Å². The number of hydrogen-bond donors (Lipinski definition) is 0. The molecule has 0 bridgehead atoms. The highest BCUT2D eigenvalue weighted by molar-refractivity contribution is 6.20. The third-order valence-electron chi connectivity index (χ3n) is 1.79. The van der Waals surface area contributed by atoms with Gasteiger partial charge in [-0.15, -0.1) is 24.0 Å². The van der Waals surface area contributed by atoms with Gasteiger partial charge in [-0.1, -0.05) is 6.42 Å². The van der Waals surface area contributed by atoms with Crippen molar-refractivity contribution in [2.24, 2.45) is 0 Å². The molecule has 1 fully saturated rings. The average molecular weight is 183 g/mol. The summed E-state index contributed by atoms with van der Waals surface area (Å²) in [5, 5.41) is 0. The zero-order valence-electron chi connectivity index (χ0n) is 6.05. The van der Waals surface area contributed by atoms with Crippen molar-refractivity contribution in [3.05, 3.63) is 6.92 Å². The molecule has 0 N–H and O–H groups in total. The van der Waals surface area contributed by atoms with Crippen molar-refractivity contribution in [2.45, 2.75) is 24.8 Å². The van der Waals surface area contributed by atoms with E-state index in [1.807, 2.05) is 0 Å². The molecule has 0 saturated carbocycles. The highest BCUT2D eigenvalue weighted by Gasteiger charge is 2.13. The number of rotatable bonds is 1. The van der Waals surface area contributed by atoms with Crippen LogP contribution in [-0.2, 0) is 0 Å². The fourth-order valence-corrected chi connectivity index (χ4v) is 1.39. The first-order chi connectivity index (χ1) is 4.30. The Labute approximate surface area is 74.1 Å². The van der Waals surface area contributed by atoms with Crippen LogP contribution in [-0.4, -0.2) is 23.5 Å². The van der Waals surface area contributed by atoms with Crippen LogP contribution in [0.2, 0.25) is 0 Å². The molecule has 0 amide bonds. The van der Waals surface area contributed by atoms with E-state index in [4.69, 9.17) is 11.6 Å². The number of likely N-dealkylation sites (tertiary alicyclic amines) is 1. The van der Waals surface area contributed by atoms with Crippen LogP contribution in [0.3, 0.4) is 0 Å². The summed E-state index contributed by atoms with van der Waals surface area (Å²) in [5.41, 5.74) is -0.00898. The molecule has 1 unspecified atom stereocenters. The van der Waals surface area contributed by atoms with E-state index in [-0.39, 0.29) is 17.9 Å². The summed E-state index contributed by atoms with van der Waals surface area (Å²) in [7, 11) is 0. The van der Waals surface area contributed by atoms with E-state index in [9.17, 15) is 0 Å². The van der Waals surface area contributed by atoms with E-state index >= 15 is 0 Å². The summed E-state index contributed by atoms with van der Waals surface area (Å²) in [6.45, 7) is 6.03. The third kappa shape index (κ3) is 3.09. The van der Waals surface area contributed by atoms with E-state index in [2.05, 4.69) is 11.8 Å². The molecule has 1 rings (SSSR count). The number of halogens is 2. The Morgan fingerprint density at radius 1 is 1.20 bits per heavy atom. The van der Waals surface area contributed by atoms with Gasteiger partial charge in [0.25, 0.3) is 0 Å². The Kier molecular flexibility index (Phi) is 5.51. The van der Waals surface area contributed by atoms with Crippen LogP contribution in [0, 0.1) is 6.92 Å². The lowest BCUT2D eigenvalue weighted by Gasteiger charge is -2.28. The molecule has 0 aromatic heterocycles. The molecule has 0 aliphatic carbocycles. The molecule has 0 aromatic carbocycles. The second-order valence-corrected chi connectivity index (χ2v) is 3.03. The van der Waals surface area contributed by atoms with E-state index in [1.54, 1.807) is 0 Å². The zero-order valence-corrected chi connectivity index (χ0v) is 7.63. The van der Waals surface area contributed by atoms with Gasteiger partial charge in [-0.3, -0.25) is 4.90 Å². The van der Waals surface area contributed by atoms with Gasteiger partial charge in [0.15, 0.2) is 0 Å². The summed E-state index contributed by atoms with van der Waals surface area (Å²) < 4.78 is 0. The Balaban J connectivity index is 0.000000810. The molecule has 0 spiro atoms. The van der Waals surface area contributed by atoms with E-state index < -0.39 is 0 Å². The van der Waals surface area contributed by atoms with Gasteiger partial charge in [0, 0.05) is 0 Å². The molecule has 1 saturated heterocycles. The SMILES string of the molecule is Cl.[CH2]C(Cl)N1CCCCC1. The Hall–Kier alpha value is 0.540. The summed E-state index contributed by atoms with van der Waals surface area (Å²) in [4.78, 5) is 2.21. The molecule has 3 heteroatoms. The van der Waals surface area contributed by atoms with Crippen molar-refractivity contribution < 1.29 is 0 Å². The minimum absolute atomic E-state index is 0. The fraction of sp³-hybridized carbons (Fsp3) is 0.857. The molecular weight excluding hydrogens is 169 g/mol. The van der Waals surface area contributed by atoms with Gasteiger partial charge in [0.1, 0.15) is 0 Å². The molecule has 10 heavy (non-hydrogen) atoms. The van der Waals surface area contributed by atoms with Gasteiger partial charge < -0.3 is 0 Å². The number of piperidine rings is 1. The van der Waals surface area contributed by atoms with Crippen LogP contribution >= 0.6 is 24.0 Å². The summed E-state index contributed by atoms with van der Waals surface area (Å²) in [6, 6.07) is 0. The smallest absolute Gasteiger partial charge is 0.0851 e. The van der Waals surface area contributed by atoms with Gasteiger partial charge in [0.2, 0.25) is 0 Å². The number of hydrogen-bond acceptors (Lipinski definition) is 1. The second kappa shape index (κ2) is 5.22. The lowest BCUT2D eigenvalue weighted by molar-refractivity contribution is 0.231. The molecule has 61 valence electrons. The normalized spacial score (nSPS) is 23.4. The van der Waals surface area contributed by atoms with E-state index in [0.29, 0.717) is 0 Å². The average Bonchev–Trinajstić information content (AvgIpc) is 1.90. The molecule has 1 aliphatic rings. The maximum Gasteiger partial charge on any atom is 0.0851 e. The topological polar surface area (TPSA) is 3.24 Å². The van der Waals surface area contributed by atoms with Crippen LogP contribution in [0.1, 0.15) is 19.3 Å². The predicted molar refractivity (Wildman–Crippen MR) is 47.7 cm³/mol. The van der Waals surface area contributed by atoms with Gasteiger partial charge >= 0.3 is 0 Å². The van der Waals surface area contributed by atoms with Crippen molar-refractivity contribution >= 4 is 24.0 Å². The summed E-state index contributed by atoms with van der Waals surface area (Å²) in [6.07, 6.45) is 3.94. The lowest BCUT2D eigenvalue weighted by Crippen LogP contribution is -2.34. The first kappa shape index (κ1) is 10.5. The molecule has 1 radical (unpaired) electrons. The minimum Gasteiger partial charge on any atom is -0.287 e. The molecule has 1 nitrogen and oxygen atoms in total. The molecule has 0 aromatic rings. The van der Waals surface area contributed by atoms with Crippen molar-refractivity contribution in [3.63, 3.8) is 0 Å². The lowest BCUT2D eigenvalue weighted by atomic mass is 10.1. The molecular formula is C7H14Cl2N. The first-order valence-electron chi connectivity index (χ1n) is 3.52. The van der Waals surface area contributed by atoms with Crippen LogP contribution in [0.15, 0.2) is 0 Å². The minimum atomic E-state index is -0.00898. The van der Waals surface area contributed by atoms with Crippen molar-refractivity contribution in [3.8, 4) is 0 Å². The number of nitrogens with zero attached hydrogens (tertiary/aromatic N) is 1. The summed E-state index contributed by atoms with van der Waals surface area (Å²) in [5.74, 6) is 0. The van der Waals surface area contributed by atoms with Gasteiger partial charge in [-0.2, -0.15) is 0 Å². The second-order valence-electron chi connectivity index (χ2n) is 2.53. The Morgan fingerprint density at radius 2 is 1.70 bits per heavy atom. The Morgan fingerprint density at radius 3 is 2.00 bits per heavy atom. The van der Waals surface area contributed by atoms with Crippen molar-refractivity contribution in [1.29, 1.82) is 0 Å². The third-order valence-corrected chi connectivity index (χ3v) is 2.06. The molecule has 1 heterocycles. The first-order valence-corrected chi connectivity index (χ1v) is 3.95. The highest BCUT2D eigenvalue weighted by atomic mass is 35.5. The monoisotopic (exact) mass is 182 g/mol.